The molecular formula is C20H25N3O3S. The van der Waals surface area contributed by atoms with Crippen LogP contribution in [-0.2, 0) is 21.2 Å². The third kappa shape index (κ3) is 4.93. The van der Waals surface area contributed by atoms with Crippen LogP contribution in [0.25, 0.3) is 0 Å². The minimum Gasteiger partial charge on any atom is -0.325 e. The fraction of sp³-hybridized carbons (Fsp3) is 0.400. The van der Waals surface area contributed by atoms with Crippen LogP contribution in [0, 0.1) is 6.92 Å². The molecule has 1 aromatic carbocycles. The molecule has 1 amide bonds. The number of likely N-dealkylation sites (tertiary alicyclic amines) is 1. The molecule has 2 heterocycles. The number of piperidine rings is 1. The van der Waals surface area contributed by atoms with Crippen molar-refractivity contribution < 1.29 is 13.2 Å². The normalized spacial score (nSPS) is 18.2. The van der Waals surface area contributed by atoms with E-state index in [0.29, 0.717) is 12.2 Å². The number of carbonyl (C=O) groups excluding carboxylic acids is 1. The fourth-order valence-electron chi connectivity index (χ4n) is 3.36. The Labute approximate surface area is 160 Å². The molecule has 1 saturated heterocycles. The number of aryl methyl sites for hydroxylation is 1. The largest absolute Gasteiger partial charge is 0.325 e. The van der Waals surface area contributed by atoms with Gasteiger partial charge in [-0.3, -0.25) is 14.7 Å². The molecule has 0 radical (unpaired) electrons. The number of hydrogen-bond donors (Lipinski definition) is 1. The number of rotatable bonds is 5. The van der Waals surface area contributed by atoms with Crippen LogP contribution < -0.4 is 5.32 Å². The molecule has 1 N–H and O–H groups in total. The average molecular weight is 388 g/mol. The van der Waals surface area contributed by atoms with Crippen molar-refractivity contribution >= 4 is 21.4 Å². The van der Waals surface area contributed by atoms with Crippen LogP contribution >= 0.6 is 0 Å². The number of benzene rings is 1. The number of sulfone groups is 1. The summed E-state index contributed by atoms with van der Waals surface area (Å²) in [7, 11) is -3.24. The SMILES string of the molecule is Cc1cccnc1CN1CCCC[C@@H]1C(=O)Nc1ccc(S(C)(=O)=O)cc1. The minimum absolute atomic E-state index is 0.0598. The Morgan fingerprint density at radius 2 is 1.96 bits per heavy atom. The molecule has 1 aromatic heterocycles. The zero-order chi connectivity index (χ0) is 19.4. The first-order valence-corrected chi connectivity index (χ1v) is 11.0. The lowest BCUT2D eigenvalue weighted by atomic mass is 10.0. The Hall–Kier alpha value is -2.25. The Kier molecular flexibility index (Phi) is 5.92. The highest BCUT2D eigenvalue weighted by Gasteiger charge is 2.29. The van der Waals surface area contributed by atoms with Crippen LogP contribution in [0.5, 0.6) is 0 Å². The molecule has 2 aromatic rings. The number of hydrogen-bond acceptors (Lipinski definition) is 5. The Balaban J connectivity index is 1.71. The van der Waals surface area contributed by atoms with Gasteiger partial charge in [0.05, 0.1) is 16.6 Å². The van der Waals surface area contributed by atoms with Gasteiger partial charge in [-0.15, -0.1) is 0 Å². The van der Waals surface area contributed by atoms with Gasteiger partial charge in [0.2, 0.25) is 5.91 Å². The molecule has 7 heteroatoms. The summed E-state index contributed by atoms with van der Waals surface area (Å²) >= 11 is 0. The monoisotopic (exact) mass is 387 g/mol. The van der Waals surface area contributed by atoms with E-state index in [9.17, 15) is 13.2 Å². The summed E-state index contributed by atoms with van der Waals surface area (Å²) in [5.74, 6) is -0.0598. The third-order valence-corrected chi connectivity index (χ3v) is 6.07. The number of nitrogens with zero attached hydrogens (tertiary/aromatic N) is 2. The number of aromatic nitrogens is 1. The predicted molar refractivity (Wildman–Crippen MR) is 105 cm³/mol. The van der Waals surface area contributed by atoms with Crippen LogP contribution in [0.4, 0.5) is 5.69 Å². The number of nitrogens with one attached hydrogen (secondary N) is 1. The molecule has 3 rings (SSSR count). The highest BCUT2D eigenvalue weighted by molar-refractivity contribution is 7.90. The lowest BCUT2D eigenvalue weighted by Crippen LogP contribution is -2.46. The quantitative estimate of drug-likeness (QED) is 0.853. The molecule has 0 aliphatic carbocycles. The Morgan fingerprint density at radius 1 is 1.22 bits per heavy atom. The molecule has 0 spiro atoms. The van der Waals surface area contributed by atoms with Crippen LogP contribution in [0.1, 0.15) is 30.5 Å². The van der Waals surface area contributed by atoms with Crippen LogP contribution in [0.15, 0.2) is 47.5 Å². The van der Waals surface area contributed by atoms with E-state index < -0.39 is 9.84 Å². The summed E-state index contributed by atoms with van der Waals surface area (Å²) in [4.78, 5) is 19.7. The maximum Gasteiger partial charge on any atom is 0.241 e. The van der Waals surface area contributed by atoms with Crippen molar-refractivity contribution in [1.29, 1.82) is 0 Å². The number of carbonyl (C=O) groups is 1. The van der Waals surface area contributed by atoms with Gasteiger partial charge in [0.15, 0.2) is 9.84 Å². The van der Waals surface area contributed by atoms with Crippen LogP contribution in [-0.4, -0.2) is 43.1 Å². The maximum absolute atomic E-state index is 12.8. The molecule has 144 valence electrons. The van der Waals surface area contributed by atoms with Crippen molar-refractivity contribution in [3.63, 3.8) is 0 Å². The van der Waals surface area contributed by atoms with Crippen molar-refractivity contribution in [2.45, 2.75) is 43.7 Å². The van der Waals surface area contributed by atoms with Gasteiger partial charge < -0.3 is 5.32 Å². The maximum atomic E-state index is 12.8. The number of amides is 1. The second-order valence-electron chi connectivity index (χ2n) is 7.03. The summed E-state index contributed by atoms with van der Waals surface area (Å²) in [6, 6.07) is 10.0. The average Bonchev–Trinajstić information content (AvgIpc) is 2.64. The van der Waals surface area contributed by atoms with Gasteiger partial charge in [-0.2, -0.15) is 0 Å². The van der Waals surface area contributed by atoms with E-state index in [4.69, 9.17) is 0 Å². The zero-order valence-electron chi connectivity index (χ0n) is 15.7. The molecule has 27 heavy (non-hydrogen) atoms. The van der Waals surface area contributed by atoms with E-state index in [1.807, 2.05) is 19.1 Å². The number of pyridine rings is 1. The molecule has 6 nitrogen and oxygen atoms in total. The van der Waals surface area contributed by atoms with Crippen molar-refractivity contribution in [2.75, 3.05) is 18.1 Å². The fourth-order valence-corrected chi connectivity index (χ4v) is 3.99. The summed E-state index contributed by atoms with van der Waals surface area (Å²) < 4.78 is 23.1. The molecule has 0 unspecified atom stereocenters. The second-order valence-corrected chi connectivity index (χ2v) is 9.05. The van der Waals surface area contributed by atoms with Gasteiger partial charge in [-0.05, 0) is 62.2 Å². The summed E-state index contributed by atoms with van der Waals surface area (Å²) in [5, 5.41) is 2.92. The van der Waals surface area contributed by atoms with E-state index in [1.165, 1.54) is 18.4 Å². The third-order valence-electron chi connectivity index (χ3n) is 4.94. The van der Waals surface area contributed by atoms with Crippen molar-refractivity contribution in [1.82, 2.24) is 9.88 Å². The van der Waals surface area contributed by atoms with Crippen molar-refractivity contribution in [2.24, 2.45) is 0 Å². The molecule has 1 atom stereocenters. The van der Waals surface area contributed by atoms with Gasteiger partial charge in [-0.25, -0.2) is 8.42 Å². The minimum atomic E-state index is -3.24. The van der Waals surface area contributed by atoms with E-state index in [0.717, 1.165) is 37.1 Å². The Morgan fingerprint density at radius 3 is 2.63 bits per heavy atom. The van der Waals surface area contributed by atoms with Crippen LogP contribution in [0.3, 0.4) is 0 Å². The smallest absolute Gasteiger partial charge is 0.241 e. The van der Waals surface area contributed by atoms with Crippen molar-refractivity contribution in [3.8, 4) is 0 Å². The topological polar surface area (TPSA) is 79.4 Å². The summed E-state index contributed by atoms with van der Waals surface area (Å²) in [5.41, 5.74) is 2.72. The lowest BCUT2D eigenvalue weighted by Gasteiger charge is -2.34. The summed E-state index contributed by atoms with van der Waals surface area (Å²) in [6.45, 7) is 3.55. The van der Waals surface area contributed by atoms with E-state index >= 15 is 0 Å². The highest BCUT2D eigenvalue weighted by atomic mass is 32.2. The van der Waals surface area contributed by atoms with Gasteiger partial charge in [0, 0.05) is 24.7 Å². The predicted octanol–water partition coefficient (Wildman–Crippen LogP) is 2.79. The first-order valence-electron chi connectivity index (χ1n) is 9.10. The highest BCUT2D eigenvalue weighted by Crippen LogP contribution is 2.22. The molecule has 1 fully saturated rings. The molecule has 0 saturated carbocycles. The first kappa shape index (κ1) is 19.5. The summed E-state index contributed by atoms with van der Waals surface area (Å²) in [6.07, 6.45) is 5.84. The van der Waals surface area contributed by atoms with Gasteiger partial charge >= 0.3 is 0 Å². The van der Waals surface area contributed by atoms with Gasteiger partial charge in [-0.1, -0.05) is 12.5 Å². The number of anilines is 1. The molecule has 1 aliphatic rings. The van der Waals surface area contributed by atoms with E-state index in [1.54, 1.807) is 18.3 Å². The lowest BCUT2D eigenvalue weighted by molar-refractivity contribution is -0.122. The van der Waals surface area contributed by atoms with Gasteiger partial charge in [0.1, 0.15) is 0 Å². The molecule has 0 bridgehead atoms. The first-order chi connectivity index (χ1) is 12.8. The Bertz CT molecular complexity index is 910. The van der Waals surface area contributed by atoms with E-state index in [2.05, 4.69) is 15.2 Å². The standard InChI is InChI=1S/C20H25N3O3S/c1-15-6-5-12-21-18(15)14-23-13-4-3-7-19(23)20(24)22-16-8-10-17(11-9-16)27(2,25)26/h5-6,8-12,19H,3-4,7,13-14H2,1-2H3,(H,22,24)/t19-/m1/s1. The van der Waals surface area contributed by atoms with Gasteiger partial charge in [0.25, 0.3) is 0 Å². The van der Waals surface area contributed by atoms with Crippen molar-refractivity contribution in [3.05, 3.63) is 53.9 Å². The molecule has 1 aliphatic heterocycles. The molecular weight excluding hydrogens is 362 g/mol. The zero-order valence-corrected chi connectivity index (χ0v) is 16.5. The second kappa shape index (κ2) is 8.19. The van der Waals surface area contributed by atoms with Crippen LogP contribution in [0.2, 0.25) is 0 Å². The van der Waals surface area contributed by atoms with E-state index in [-0.39, 0.29) is 16.8 Å².